The maximum atomic E-state index is 6.24. The average molecular weight is 262 g/mol. The number of alkyl halides is 1. The molecule has 0 spiro atoms. The van der Waals surface area contributed by atoms with Crippen molar-refractivity contribution in [3.05, 3.63) is 34.3 Å². The van der Waals surface area contributed by atoms with E-state index >= 15 is 0 Å². The third kappa shape index (κ3) is 3.70. The van der Waals surface area contributed by atoms with Crippen LogP contribution in [0.3, 0.4) is 0 Å². The van der Waals surface area contributed by atoms with Crippen molar-refractivity contribution in [2.45, 2.75) is 25.6 Å². The Morgan fingerprint density at radius 3 is 2.23 bits per heavy atom. The van der Waals surface area contributed by atoms with Crippen molar-refractivity contribution in [1.29, 1.82) is 0 Å². The molecule has 0 heterocycles. The van der Waals surface area contributed by atoms with Crippen LogP contribution in [0.1, 0.15) is 31.2 Å². The maximum absolute atomic E-state index is 6.24. The molecule has 1 rings (SSSR count). The van der Waals surface area contributed by atoms with Gasteiger partial charge in [0.1, 0.15) is 0 Å². The van der Waals surface area contributed by atoms with Gasteiger partial charge in [-0.3, -0.25) is 0 Å². The SMILES string of the molecule is CC(C)CC(Cl)c1ccc(Br)cc1. The third-order valence-corrected chi connectivity index (χ3v) is 2.87. The first-order valence-electron chi connectivity index (χ1n) is 4.49. The molecule has 0 saturated carbocycles. The quantitative estimate of drug-likeness (QED) is 0.687. The van der Waals surface area contributed by atoms with E-state index in [0.717, 1.165) is 10.9 Å². The summed E-state index contributed by atoms with van der Waals surface area (Å²) in [5.41, 5.74) is 1.21. The van der Waals surface area contributed by atoms with Crippen molar-refractivity contribution in [3.63, 3.8) is 0 Å². The van der Waals surface area contributed by atoms with Crippen LogP contribution in [0.4, 0.5) is 0 Å². The highest BCUT2D eigenvalue weighted by Gasteiger charge is 2.09. The third-order valence-electron chi connectivity index (χ3n) is 1.91. The van der Waals surface area contributed by atoms with Gasteiger partial charge in [-0.1, -0.05) is 41.9 Å². The second-order valence-corrected chi connectivity index (χ2v) is 5.09. The predicted molar refractivity (Wildman–Crippen MR) is 62.2 cm³/mol. The molecule has 0 saturated heterocycles. The second-order valence-electron chi connectivity index (χ2n) is 3.65. The van der Waals surface area contributed by atoms with Gasteiger partial charge in [-0.25, -0.2) is 0 Å². The zero-order valence-corrected chi connectivity index (χ0v) is 10.3. The standard InChI is InChI=1S/C11H14BrCl/c1-8(2)7-11(13)9-3-5-10(12)6-4-9/h3-6,8,11H,7H2,1-2H3. The van der Waals surface area contributed by atoms with Crippen molar-refractivity contribution in [2.75, 3.05) is 0 Å². The van der Waals surface area contributed by atoms with Crippen LogP contribution in [0.2, 0.25) is 0 Å². The number of hydrogen-bond acceptors (Lipinski definition) is 0. The smallest absolute Gasteiger partial charge is 0.0587 e. The summed E-state index contributed by atoms with van der Waals surface area (Å²) >= 11 is 9.64. The van der Waals surface area contributed by atoms with Gasteiger partial charge in [-0.2, -0.15) is 0 Å². The van der Waals surface area contributed by atoms with Gasteiger partial charge in [-0.05, 0) is 30.0 Å². The number of hydrogen-bond donors (Lipinski definition) is 0. The first kappa shape index (κ1) is 11.1. The summed E-state index contributed by atoms with van der Waals surface area (Å²) in [5, 5.41) is 0.146. The topological polar surface area (TPSA) is 0 Å². The molecule has 0 aliphatic heterocycles. The van der Waals surface area contributed by atoms with E-state index in [1.165, 1.54) is 5.56 Å². The summed E-state index contributed by atoms with van der Waals surface area (Å²) in [7, 11) is 0. The highest BCUT2D eigenvalue weighted by molar-refractivity contribution is 9.10. The van der Waals surface area contributed by atoms with Gasteiger partial charge in [0, 0.05) is 4.47 Å². The van der Waals surface area contributed by atoms with E-state index in [9.17, 15) is 0 Å². The van der Waals surface area contributed by atoms with Crippen LogP contribution < -0.4 is 0 Å². The Morgan fingerprint density at radius 2 is 1.77 bits per heavy atom. The lowest BCUT2D eigenvalue weighted by molar-refractivity contribution is 0.575. The fraction of sp³-hybridized carbons (Fsp3) is 0.455. The molecule has 72 valence electrons. The van der Waals surface area contributed by atoms with Crippen molar-refractivity contribution in [2.24, 2.45) is 5.92 Å². The van der Waals surface area contributed by atoms with Gasteiger partial charge in [0.15, 0.2) is 0 Å². The van der Waals surface area contributed by atoms with Crippen molar-refractivity contribution < 1.29 is 0 Å². The van der Waals surface area contributed by atoms with E-state index in [2.05, 4.69) is 41.9 Å². The van der Waals surface area contributed by atoms with Crippen LogP contribution in [-0.4, -0.2) is 0 Å². The first-order chi connectivity index (χ1) is 6.09. The van der Waals surface area contributed by atoms with E-state index in [1.54, 1.807) is 0 Å². The lowest BCUT2D eigenvalue weighted by Gasteiger charge is -2.11. The lowest BCUT2D eigenvalue weighted by atomic mass is 10.0. The summed E-state index contributed by atoms with van der Waals surface area (Å²) in [5.74, 6) is 0.645. The minimum Gasteiger partial charge on any atom is -0.118 e. The Morgan fingerprint density at radius 1 is 1.23 bits per heavy atom. The first-order valence-corrected chi connectivity index (χ1v) is 5.72. The molecule has 1 atom stereocenters. The summed E-state index contributed by atoms with van der Waals surface area (Å²) in [4.78, 5) is 0. The summed E-state index contributed by atoms with van der Waals surface area (Å²) in [6.45, 7) is 4.38. The second kappa shape index (κ2) is 5.02. The zero-order chi connectivity index (χ0) is 9.84. The molecule has 0 nitrogen and oxygen atoms in total. The van der Waals surface area contributed by atoms with Crippen molar-refractivity contribution in [3.8, 4) is 0 Å². The molecule has 0 aromatic heterocycles. The van der Waals surface area contributed by atoms with Gasteiger partial charge in [0.25, 0.3) is 0 Å². The molecule has 0 aliphatic rings. The molecule has 0 amide bonds. The van der Waals surface area contributed by atoms with E-state index < -0.39 is 0 Å². The van der Waals surface area contributed by atoms with Crippen LogP contribution in [0.15, 0.2) is 28.7 Å². The Balaban J connectivity index is 2.66. The average Bonchev–Trinajstić information content (AvgIpc) is 2.04. The molecule has 0 fully saturated rings. The number of rotatable bonds is 3. The Hall–Kier alpha value is -0.0100. The monoisotopic (exact) mass is 260 g/mol. The van der Waals surface area contributed by atoms with Crippen LogP contribution in [-0.2, 0) is 0 Å². The van der Waals surface area contributed by atoms with Crippen molar-refractivity contribution in [1.82, 2.24) is 0 Å². The molecule has 0 bridgehead atoms. The fourth-order valence-electron chi connectivity index (χ4n) is 1.22. The number of halogens is 2. The van der Waals surface area contributed by atoms with E-state index in [0.29, 0.717) is 5.92 Å². The van der Waals surface area contributed by atoms with Gasteiger partial charge in [0.05, 0.1) is 5.38 Å². The molecule has 0 radical (unpaired) electrons. The molecule has 2 heteroatoms. The Bertz CT molecular complexity index is 253. The van der Waals surface area contributed by atoms with E-state index in [1.807, 2.05) is 12.1 Å². The van der Waals surface area contributed by atoms with Gasteiger partial charge < -0.3 is 0 Å². The maximum Gasteiger partial charge on any atom is 0.0587 e. The predicted octanol–water partition coefficient (Wildman–Crippen LogP) is 4.78. The summed E-state index contributed by atoms with van der Waals surface area (Å²) in [6, 6.07) is 8.21. The minimum atomic E-state index is 0.146. The molecule has 1 aromatic carbocycles. The highest BCUT2D eigenvalue weighted by Crippen LogP contribution is 2.28. The molecule has 0 N–H and O–H groups in total. The highest BCUT2D eigenvalue weighted by atomic mass is 79.9. The zero-order valence-electron chi connectivity index (χ0n) is 7.93. The van der Waals surface area contributed by atoms with Gasteiger partial charge >= 0.3 is 0 Å². The van der Waals surface area contributed by atoms with Crippen LogP contribution in [0.5, 0.6) is 0 Å². The van der Waals surface area contributed by atoms with Crippen LogP contribution in [0, 0.1) is 5.92 Å². The molecule has 1 unspecified atom stereocenters. The largest absolute Gasteiger partial charge is 0.118 e. The van der Waals surface area contributed by atoms with Crippen LogP contribution in [0.25, 0.3) is 0 Å². The van der Waals surface area contributed by atoms with Gasteiger partial charge in [0.2, 0.25) is 0 Å². The minimum absolute atomic E-state index is 0.146. The van der Waals surface area contributed by atoms with E-state index in [-0.39, 0.29) is 5.38 Å². The molecule has 1 aromatic rings. The molecular formula is C11H14BrCl. The number of benzene rings is 1. The van der Waals surface area contributed by atoms with E-state index in [4.69, 9.17) is 11.6 Å². The lowest BCUT2D eigenvalue weighted by Crippen LogP contribution is -1.95. The fourth-order valence-corrected chi connectivity index (χ4v) is 1.99. The normalized spacial score (nSPS) is 13.3. The summed E-state index contributed by atoms with van der Waals surface area (Å²) < 4.78 is 1.10. The molecule has 13 heavy (non-hydrogen) atoms. The summed E-state index contributed by atoms with van der Waals surface area (Å²) in [6.07, 6.45) is 1.03. The van der Waals surface area contributed by atoms with Crippen LogP contribution >= 0.6 is 27.5 Å². The van der Waals surface area contributed by atoms with Crippen molar-refractivity contribution >= 4 is 27.5 Å². The van der Waals surface area contributed by atoms with Gasteiger partial charge in [-0.15, -0.1) is 11.6 Å². The molecule has 0 aliphatic carbocycles. The molecular weight excluding hydrogens is 247 g/mol. The Labute approximate surface area is 93.4 Å². The Kier molecular flexibility index (Phi) is 4.27.